The van der Waals surface area contributed by atoms with Gasteiger partial charge in [-0.1, -0.05) is 45.0 Å². The van der Waals surface area contributed by atoms with Gasteiger partial charge in [0.2, 0.25) is 0 Å². The van der Waals surface area contributed by atoms with E-state index in [1.807, 2.05) is 30.3 Å². The number of aliphatic hydroxyl groups is 1. The Kier molecular flexibility index (Phi) is 5.82. The van der Waals surface area contributed by atoms with Crippen molar-refractivity contribution in [3.05, 3.63) is 70.3 Å². The highest BCUT2D eigenvalue weighted by Gasteiger charge is 2.46. The van der Waals surface area contributed by atoms with Gasteiger partial charge < -0.3 is 19.5 Å². The van der Waals surface area contributed by atoms with Gasteiger partial charge in [0.15, 0.2) is 0 Å². The lowest BCUT2D eigenvalue weighted by Gasteiger charge is -2.26. The molecule has 6 nitrogen and oxygen atoms in total. The van der Waals surface area contributed by atoms with E-state index in [0.717, 1.165) is 28.9 Å². The molecular weight excluding hydrogens is 406 g/mol. The summed E-state index contributed by atoms with van der Waals surface area (Å²) in [6.07, 6.45) is 0.746. The van der Waals surface area contributed by atoms with Gasteiger partial charge in [-0.15, -0.1) is 0 Å². The first kappa shape index (κ1) is 22.1. The van der Waals surface area contributed by atoms with Crippen LogP contribution in [0.25, 0.3) is 5.76 Å². The fourth-order valence-corrected chi connectivity index (χ4v) is 4.30. The van der Waals surface area contributed by atoms with Crippen LogP contribution in [0.4, 0.5) is 0 Å². The summed E-state index contributed by atoms with van der Waals surface area (Å²) in [6, 6.07) is 12.6. The Bertz CT molecular complexity index is 1080. The Morgan fingerprint density at radius 1 is 1.16 bits per heavy atom. The van der Waals surface area contributed by atoms with Crippen LogP contribution >= 0.6 is 0 Å². The van der Waals surface area contributed by atoms with Crippen LogP contribution in [0.1, 0.15) is 49.1 Å². The lowest BCUT2D eigenvalue weighted by Crippen LogP contribution is -2.32. The number of carbonyl (C=O) groups is 2. The molecule has 0 spiro atoms. The molecule has 0 aromatic heterocycles. The molecule has 2 aliphatic heterocycles. The van der Waals surface area contributed by atoms with E-state index in [9.17, 15) is 14.7 Å². The topological polar surface area (TPSA) is 76.1 Å². The molecule has 1 unspecified atom stereocenters. The smallest absolute Gasteiger partial charge is 0.295 e. The number of likely N-dealkylation sites (tertiary alicyclic amines) is 1. The molecule has 1 saturated heterocycles. The maximum Gasteiger partial charge on any atom is 0.295 e. The van der Waals surface area contributed by atoms with E-state index >= 15 is 0 Å². The third-order valence-electron chi connectivity index (χ3n) is 6.13. The average Bonchev–Trinajstić information content (AvgIpc) is 3.33. The van der Waals surface area contributed by atoms with Crippen LogP contribution in [-0.2, 0) is 26.2 Å². The second-order valence-electron chi connectivity index (χ2n) is 9.28. The Hall–Kier alpha value is -3.12. The monoisotopic (exact) mass is 435 g/mol. The zero-order chi connectivity index (χ0) is 23.0. The summed E-state index contributed by atoms with van der Waals surface area (Å²) >= 11 is 0. The van der Waals surface area contributed by atoms with Crippen molar-refractivity contribution < 1.29 is 24.2 Å². The Balaban J connectivity index is 1.82. The minimum absolute atomic E-state index is 0.0249. The van der Waals surface area contributed by atoms with Crippen molar-refractivity contribution in [1.82, 2.24) is 4.90 Å². The molecule has 168 valence electrons. The number of Topliss-reactive ketones (excluding diaryl/α,β-unsaturated/α-hetero) is 1. The number of rotatable bonds is 5. The van der Waals surface area contributed by atoms with Crippen molar-refractivity contribution in [3.63, 3.8) is 0 Å². The van der Waals surface area contributed by atoms with E-state index < -0.39 is 17.7 Å². The number of carbonyl (C=O) groups excluding carboxylic acids is 2. The van der Waals surface area contributed by atoms with E-state index in [2.05, 4.69) is 20.8 Å². The van der Waals surface area contributed by atoms with Crippen LogP contribution < -0.4 is 4.74 Å². The molecule has 0 bridgehead atoms. The third kappa shape index (κ3) is 3.91. The first-order valence-electron chi connectivity index (χ1n) is 10.9. The maximum absolute atomic E-state index is 13.1. The lowest BCUT2D eigenvalue weighted by molar-refractivity contribution is -0.140. The van der Waals surface area contributed by atoms with Gasteiger partial charge in [0.25, 0.3) is 11.7 Å². The normalized spacial score (nSPS) is 19.9. The third-order valence-corrected chi connectivity index (χ3v) is 6.13. The van der Waals surface area contributed by atoms with Crippen molar-refractivity contribution in [2.24, 2.45) is 0 Å². The van der Waals surface area contributed by atoms with Crippen LogP contribution in [0.3, 0.4) is 0 Å². The SMILES string of the molecule is COCCN1C(=O)C(=O)/C(=C(\O)c2ccc3c(c2)CCO3)C1c1ccc(C(C)(C)C)cc1. The molecule has 2 aliphatic rings. The molecule has 1 N–H and O–H groups in total. The number of benzene rings is 2. The lowest BCUT2D eigenvalue weighted by atomic mass is 9.85. The number of aliphatic hydroxyl groups excluding tert-OH is 1. The number of ether oxygens (including phenoxy) is 2. The number of nitrogens with zero attached hydrogens (tertiary/aromatic N) is 1. The molecular formula is C26H29NO5. The van der Waals surface area contributed by atoms with Gasteiger partial charge in [-0.25, -0.2) is 0 Å². The Morgan fingerprint density at radius 3 is 2.53 bits per heavy atom. The van der Waals surface area contributed by atoms with Crippen molar-refractivity contribution in [3.8, 4) is 5.75 Å². The summed E-state index contributed by atoms with van der Waals surface area (Å²) in [6.45, 7) is 7.53. The number of methoxy groups -OCH3 is 1. The van der Waals surface area contributed by atoms with Gasteiger partial charge in [0, 0.05) is 25.6 Å². The van der Waals surface area contributed by atoms with Crippen molar-refractivity contribution in [1.29, 1.82) is 0 Å². The van der Waals surface area contributed by atoms with Crippen LogP contribution in [0.5, 0.6) is 5.75 Å². The molecule has 6 heteroatoms. The molecule has 1 atom stereocenters. The zero-order valence-electron chi connectivity index (χ0n) is 19.0. The second kappa shape index (κ2) is 8.43. The fraction of sp³-hybridized carbons (Fsp3) is 0.385. The summed E-state index contributed by atoms with van der Waals surface area (Å²) in [5.74, 6) is -0.683. The molecule has 2 aromatic carbocycles. The van der Waals surface area contributed by atoms with Gasteiger partial charge in [-0.3, -0.25) is 9.59 Å². The van der Waals surface area contributed by atoms with Crippen LogP contribution in [0.15, 0.2) is 48.0 Å². The fourth-order valence-electron chi connectivity index (χ4n) is 4.30. The van der Waals surface area contributed by atoms with E-state index in [1.54, 1.807) is 19.2 Å². The molecule has 0 saturated carbocycles. The van der Waals surface area contributed by atoms with Crippen LogP contribution in [0, 0.1) is 0 Å². The van der Waals surface area contributed by atoms with Gasteiger partial charge in [-0.2, -0.15) is 0 Å². The van der Waals surface area contributed by atoms with E-state index in [4.69, 9.17) is 9.47 Å². The van der Waals surface area contributed by atoms with Crippen molar-refractivity contribution in [2.45, 2.75) is 38.6 Å². The summed E-state index contributed by atoms with van der Waals surface area (Å²) in [5, 5.41) is 11.2. The largest absolute Gasteiger partial charge is 0.507 e. The van der Waals surface area contributed by atoms with E-state index in [-0.39, 0.29) is 23.3 Å². The molecule has 0 aliphatic carbocycles. The maximum atomic E-state index is 13.1. The number of fused-ring (bicyclic) bond motifs is 1. The second-order valence-corrected chi connectivity index (χ2v) is 9.28. The molecule has 2 aromatic rings. The molecule has 1 amide bonds. The first-order chi connectivity index (χ1) is 15.2. The summed E-state index contributed by atoms with van der Waals surface area (Å²) in [5.41, 5.74) is 3.49. The average molecular weight is 436 g/mol. The molecule has 2 heterocycles. The molecule has 32 heavy (non-hydrogen) atoms. The standard InChI is InChI=1S/C26H29NO5/c1-26(2,3)19-8-5-16(6-9-19)22-21(24(29)25(30)27(22)12-14-31-4)23(28)18-7-10-20-17(15-18)11-13-32-20/h5-10,15,22,28H,11-14H2,1-4H3/b23-21-. The van der Waals surface area contributed by atoms with Crippen LogP contribution in [0.2, 0.25) is 0 Å². The van der Waals surface area contributed by atoms with Crippen LogP contribution in [-0.4, -0.2) is 48.6 Å². The highest BCUT2D eigenvalue weighted by Crippen LogP contribution is 2.40. The van der Waals surface area contributed by atoms with E-state index in [1.165, 1.54) is 4.90 Å². The summed E-state index contributed by atoms with van der Waals surface area (Å²) in [7, 11) is 1.55. The minimum atomic E-state index is -0.680. The van der Waals surface area contributed by atoms with E-state index in [0.29, 0.717) is 18.8 Å². The number of amides is 1. The van der Waals surface area contributed by atoms with Gasteiger partial charge >= 0.3 is 0 Å². The predicted octanol–water partition coefficient (Wildman–Crippen LogP) is 3.99. The van der Waals surface area contributed by atoms with Gasteiger partial charge in [-0.05, 0) is 40.3 Å². The first-order valence-corrected chi connectivity index (χ1v) is 10.9. The Labute approximate surface area is 188 Å². The predicted molar refractivity (Wildman–Crippen MR) is 122 cm³/mol. The number of hydrogen-bond acceptors (Lipinski definition) is 5. The molecule has 1 fully saturated rings. The number of ketones is 1. The van der Waals surface area contributed by atoms with Crippen molar-refractivity contribution in [2.75, 3.05) is 26.9 Å². The zero-order valence-corrected chi connectivity index (χ0v) is 19.0. The highest BCUT2D eigenvalue weighted by atomic mass is 16.5. The van der Waals surface area contributed by atoms with Gasteiger partial charge in [0.05, 0.1) is 24.8 Å². The number of hydrogen-bond donors (Lipinski definition) is 1. The van der Waals surface area contributed by atoms with Crippen molar-refractivity contribution >= 4 is 17.4 Å². The quantitative estimate of drug-likeness (QED) is 0.437. The molecule has 0 radical (unpaired) electrons. The minimum Gasteiger partial charge on any atom is -0.507 e. The van der Waals surface area contributed by atoms with Gasteiger partial charge in [0.1, 0.15) is 11.5 Å². The molecule has 4 rings (SSSR count). The summed E-state index contributed by atoms with van der Waals surface area (Å²) in [4.78, 5) is 27.5. The Morgan fingerprint density at radius 2 is 1.88 bits per heavy atom. The highest BCUT2D eigenvalue weighted by molar-refractivity contribution is 6.46. The summed E-state index contributed by atoms with van der Waals surface area (Å²) < 4.78 is 10.7.